The summed E-state index contributed by atoms with van der Waals surface area (Å²) in [5.41, 5.74) is 0.809. The number of ether oxygens (including phenoxy) is 2. The fourth-order valence-corrected chi connectivity index (χ4v) is 2.45. The summed E-state index contributed by atoms with van der Waals surface area (Å²) in [5, 5.41) is 9.51. The zero-order valence-corrected chi connectivity index (χ0v) is 14.5. The van der Waals surface area contributed by atoms with E-state index in [0.717, 1.165) is 18.4 Å². The number of benzene rings is 1. The fourth-order valence-electron chi connectivity index (χ4n) is 2.45. The lowest BCUT2D eigenvalue weighted by Gasteiger charge is -2.08. The van der Waals surface area contributed by atoms with Crippen LogP contribution in [0.5, 0.6) is 11.5 Å². The summed E-state index contributed by atoms with van der Waals surface area (Å²) in [4.78, 5) is 11.7. The van der Waals surface area contributed by atoms with Crippen molar-refractivity contribution in [2.24, 2.45) is 0 Å². The fraction of sp³-hybridized carbons (Fsp3) is 0.632. The van der Waals surface area contributed by atoms with Crippen molar-refractivity contribution in [3.8, 4) is 11.5 Å². The van der Waals surface area contributed by atoms with E-state index in [4.69, 9.17) is 9.47 Å². The van der Waals surface area contributed by atoms with Gasteiger partial charge in [0.25, 0.3) is 0 Å². The summed E-state index contributed by atoms with van der Waals surface area (Å²) >= 11 is 0. The van der Waals surface area contributed by atoms with Crippen molar-refractivity contribution in [2.75, 3.05) is 7.11 Å². The molecule has 1 N–H and O–H groups in total. The molecule has 1 rings (SSSR count). The smallest absolute Gasteiger partial charge is 0.306 e. The maximum Gasteiger partial charge on any atom is 0.306 e. The minimum absolute atomic E-state index is 0.0847. The third-order valence-electron chi connectivity index (χ3n) is 3.88. The van der Waals surface area contributed by atoms with Gasteiger partial charge in [0.05, 0.1) is 7.11 Å². The van der Waals surface area contributed by atoms with Gasteiger partial charge in [0.1, 0.15) is 6.61 Å². The number of phenols is 1. The quantitative estimate of drug-likeness (QED) is 0.436. The van der Waals surface area contributed by atoms with Crippen LogP contribution in [-0.2, 0) is 16.1 Å². The van der Waals surface area contributed by atoms with Gasteiger partial charge in [0, 0.05) is 6.42 Å². The minimum atomic E-state index is -0.164. The third-order valence-corrected chi connectivity index (χ3v) is 3.88. The summed E-state index contributed by atoms with van der Waals surface area (Å²) in [6, 6.07) is 4.95. The topological polar surface area (TPSA) is 55.8 Å². The molecule has 0 heterocycles. The Kier molecular flexibility index (Phi) is 9.92. The van der Waals surface area contributed by atoms with E-state index in [1.807, 2.05) is 0 Å². The number of carbonyl (C=O) groups is 1. The number of aromatic hydroxyl groups is 1. The number of rotatable bonds is 12. The molecular formula is C19H30O4. The highest BCUT2D eigenvalue weighted by molar-refractivity contribution is 5.69. The normalized spacial score (nSPS) is 10.5. The van der Waals surface area contributed by atoms with Crippen LogP contribution in [0, 0.1) is 0 Å². The van der Waals surface area contributed by atoms with Gasteiger partial charge in [-0.2, -0.15) is 0 Å². The molecule has 0 spiro atoms. The highest BCUT2D eigenvalue weighted by Crippen LogP contribution is 2.26. The molecule has 23 heavy (non-hydrogen) atoms. The molecule has 4 heteroatoms. The Labute approximate surface area is 139 Å². The summed E-state index contributed by atoms with van der Waals surface area (Å²) in [5.74, 6) is 0.311. The number of carbonyl (C=O) groups excluding carboxylic acids is 1. The molecule has 0 aliphatic heterocycles. The molecule has 0 aromatic heterocycles. The second-order valence-electron chi connectivity index (χ2n) is 5.89. The van der Waals surface area contributed by atoms with E-state index in [0.29, 0.717) is 12.2 Å². The van der Waals surface area contributed by atoms with E-state index < -0.39 is 0 Å². The zero-order valence-electron chi connectivity index (χ0n) is 14.5. The van der Waals surface area contributed by atoms with Crippen molar-refractivity contribution in [1.82, 2.24) is 0 Å². The van der Waals surface area contributed by atoms with Crippen LogP contribution in [0.25, 0.3) is 0 Å². The molecule has 0 aliphatic rings. The van der Waals surface area contributed by atoms with E-state index in [9.17, 15) is 9.90 Å². The number of methoxy groups -OCH3 is 1. The van der Waals surface area contributed by atoms with Crippen molar-refractivity contribution in [3.63, 3.8) is 0 Å². The molecule has 0 bridgehead atoms. The Bertz CT molecular complexity index is 457. The first kappa shape index (κ1) is 19.3. The van der Waals surface area contributed by atoms with Crippen molar-refractivity contribution in [3.05, 3.63) is 23.8 Å². The molecule has 0 aliphatic carbocycles. The van der Waals surface area contributed by atoms with Crippen molar-refractivity contribution in [1.29, 1.82) is 0 Å². The second kappa shape index (κ2) is 11.8. The standard InChI is InChI=1S/C19H30O4/c1-3-4-5-6-7-8-9-10-11-19(21)23-15-16-12-13-17(20)18(14-16)22-2/h12-14,20H,3-11,15H2,1-2H3. The van der Waals surface area contributed by atoms with Crippen LogP contribution in [0.1, 0.15) is 70.3 Å². The molecule has 130 valence electrons. The molecule has 0 saturated heterocycles. The Morgan fingerprint density at radius 2 is 1.70 bits per heavy atom. The van der Waals surface area contributed by atoms with Crippen LogP contribution in [0.15, 0.2) is 18.2 Å². The van der Waals surface area contributed by atoms with Crippen LogP contribution in [-0.4, -0.2) is 18.2 Å². The van der Waals surface area contributed by atoms with Gasteiger partial charge >= 0.3 is 5.97 Å². The van der Waals surface area contributed by atoms with Crippen LogP contribution < -0.4 is 4.74 Å². The summed E-state index contributed by atoms with van der Waals surface area (Å²) in [6.07, 6.45) is 10.2. The van der Waals surface area contributed by atoms with E-state index >= 15 is 0 Å². The molecule has 0 atom stereocenters. The van der Waals surface area contributed by atoms with Gasteiger partial charge in [-0.1, -0.05) is 57.9 Å². The third kappa shape index (κ3) is 8.48. The van der Waals surface area contributed by atoms with Gasteiger partial charge in [-0.15, -0.1) is 0 Å². The molecule has 0 saturated carbocycles. The Morgan fingerprint density at radius 1 is 1.04 bits per heavy atom. The number of phenolic OH excluding ortho intramolecular Hbond substituents is 1. The van der Waals surface area contributed by atoms with Crippen LogP contribution in [0.4, 0.5) is 0 Å². The molecule has 0 radical (unpaired) electrons. The second-order valence-corrected chi connectivity index (χ2v) is 5.89. The first-order valence-electron chi connectivity index (χ1n) is 8.69. The predicted octanol–water partition coefficient (Wildman–Crippen LogP) is 4.97. The van der Waals surface area contributed by atoms with Crippen molar-refractivity contribution >= 4 is 5.97 Å². The molecule has 4 nitrogen and oxygen atoms in total. The van der Waals surface area contributed by atoms with Crippen LogP contribution in [0.2, 0.25) is 0 Å². The molecule has 0 unspecified atom stereocenters. The SMILES string of the molecule is CCCCCCCCCCC(=O)OCc1ccc(O)c(OC)c1. The maximum absolute atomic E-state index is 11.7. The highest BCUT2D eigenvalue weighted by Gasteiger charge is 2.06. The Balaban J connectivity index is 2.10. The summed E-state index contributed by atoms with van der Waals surface area (Å²) in [7, 11) is 1.49. The average molecular weight is 322 g/mol. The van der Waals surface area contributed by atoms with Gasteiger partial charge in [0.2, 0.25) is 0 Å². The van der Waals surface area contributed by atoms with Gasteiger partial charge in [0.15, 0.2) is 11.5 Å². The largest absolute Gasteiger partial charge is 0.504 e. The molecular weight excluding hydrogens is 292 g/mol. The lowest BCUT2D eigenvalue weighted by atomic mass is 10.1. The van der Waals surface area contributed by atoms with Crippen LogP contribution >= 0.6 is 0 Å². The van der Waals surface area contributed by atoms with Gasteiger partial charge < -0.3 is 14.6 Å². The number of hydrogen-bond donors (Lipinski definition) is 1. The van der Waals surface area contributed by atoms with E-state index in [2.05, 4.69) is 6.92 Å². The Hall–Kier alpha value is -1.71. The maximum atomic E-state index is 11.7. The molecule has 1 aromatic carbocycles. The number of unbranched alkanes of at least 4 members (excludes halogenated alkanes) is 7. The molecule has 0 amide bonds. The number of esters is 1. The van der Waals surface area contributed by atoms with Gasteiger partial charge in [-0.25, -0.2) is 0 Å². The summed E-state index contributed by atoms with van der Waals surface area (Å²) < 4.78 is 10.3. The minimum Gasteiger partial charge on any atom is -0.504 e. The van der Waals surface area contributed by atoms with Gasteiger partial charge in [-0.05, 0) is 24.1 Å². The zero-order chi connectivity index (χ0) is 16.9. The lowest BCUT2D eigenvalue weighted by Crippen LogP contribution is -2.04. The van der Waals surface area contributed by atoms with Gasteiger partial charge in [-0.3, -0.25) is 4.79 Å². The first-order valence-corrected chi connectivity index (χ1v) is 8.69. The van der Waals surface area contributed by atoms with Crippen molar-refractivity contribution in [2.45, 2.75) is 71.3 Å². The predicted molar refractivity (Wildman–Crippen MR) is 91.7 cm³/mol. The van der Waals surface area contributed by atoms with E-state index in [1.54, 1.807) is 18.2 Å². The summed E-state index contributed by atoms with van der Waals surface area (Å²) in [6.45, 7) is 2.44. The van der Waals surface area contributed by atoms with Crippen LogP contribution in [0.3, 0.4) is 0 Å². The highest BCUT2D eigenvalue weighted by atomic mass is 16.5. The number of hydrogen-bond acceptors (Lipinski definition) is 4. The lowest BCUT2D eigenvalue weighted by molar-refractivity contribution is -0.145. The first-order chi connectivity index (χ1) is 11.2. The molecule has 0 fully saturated rings. The average Bonchev–Trinajstić information content (AvgIpc) is 2.56. The monoisotopic (exact) mass is 322 g/mol. The van der Waals surface area contributed by atoms with Crippen molar-refractivity contribution < 1.29 is 19.4 Å². The van der Waals surface area contributed by atoms with E-state index in [1.165, 1.54) is 45.6 Å². The molecule has 1 aromatic rings. The Morgan fingerprint density at radius 3 is 2.35 bits per heavy atom. The van der Waals surface area contributed by atoms with E-state index in [-0.39, 0.29) is 18.3 Å².